The molecule has 3 heterocycles. The molecule has 0 atom stereocenters. The highest BCUT2D eigenvalue weighted by Gasteiger charge is 2.25. The minimum absolute atomic E-state index is 0.209. The summed E-state index contributed by atoms with van der Waals surface area (Å²) in [4.78, 5) is 18.0. The topological polar surface area (TPSA) is 108 Å². The normalized spacial score (nSPS) is 14.7. The number of nitrogens with two attached hydrogens (primary N) is 1. The molecule has 184 valence electrons. The number of anilines is 3. The monoisotopic (exact) mass is 478 g/mol. The number of fused-ring (bicyclic) bond motifs is 2. The maximum absolute atomic E-state index is 6.14. The van der Waals surface area contributed by atoms with Crippen LogP contribution >= 0.6 is 0 Å². The van der Waals surface area contributed by atoms with Crippen molar-refractivity contribution in [3.63, 3.8) is 0 Å². The average molecular weight is 479 g/mol. The average Bonchev–Trinajstić information content (AvgIpc) is 2.90. The van der Waals surface area contributed by atoms with Crippen LogP contribution in [-0.4, -0.2) is 56.5 Å². The molecule has 10 heteroatoms. The molecule has 0 radical (unpaired) electrons. The van der Waals surface area contributed by atoms with Crippen molar-refractivity contribution >= 4 is 17.8 Å². The number of nitrogens with zero attached hydrogens (tertiary/aromatic N) is 5. The number of aromatic nitrogens is 3. The molecule has 0 fully saturated rings. The molecular weight excluding hydrogens is 448 g/mol. The first kappa shape index (κ1) is 22.8. The third-order valence-electron chi connectivity index (χ3n) is 6.63. The molecule has 0 saturated heterocycles. The van der Waals surface area contributed by atoms with E-state index in [0.29, 0.717) is 36.5 Å². The zero-order valence-corrected chi connectivity index (χ0v) is 20.5. The Morgan fingerprint density at radius 2 is 0.971 bits per heavy atom. The molecule has 0 saturated carbocycles. The van der Waals surface area contributed by atoms with E-state index in [9.17, 15) is 0 Å². The largest absolute Gasteiger partial charge is 0.493 e. The van der Waals surface area contributed by atoms with Crippen LogP contribution in [0.4, 0.5) is 17.8 Å². The Balaban J connectivity index is 1.40. The minimum Gasteiger partial charge on any atom is -0.493 e. The van der Waals surface area contributed by atoms with Gasteiger partial charge in [0.15, 0.2) is 23.0 Å². The Kier molecular flexibility index (Phi) is 6.10. The first-order valence-corrected chi connectivity index (χ1v) is 11.5. The van der Waals surface area contributed by atoms with Crippen LogP contribution in [0, 0.1) is 0 Å². The highest BCUT2D eigenvalue weighted by Crippen LogP contribution is 2.36. The summed E-state index contributed by atoms with van der Waals surface area (Å²) in [6, 6.07) is 8.14. The van der Waals surface area contributed by atoms with Crippen molar-refractivity contribution < 1.29 is 18.9 Å². The molecular formula is C25H30N6O4. The highest BCUT2D eigenvalue weighted by atomic mass is 16.5. The summed E-state index contributed by atoms with van der Waals surface area (Å²) in [6.07, 6.45) is 1.69. The SMILES string of the molecule is COc1cc2c(cc1OC)CN(c1nc(N)nc(N3CCc4cc(OC)c(OC)cc4C3)n1)CC2. The standard InChI is InChI=1S/C25H30N6O4/c1-32-19-9-15-5-7-30(13-17(15)11-21(19)34-3)24-27-23(26)28-25(29-24)31-8-6-16-10-20(33-2)22(35-4)12-18(16)14-31/h9-12H,5-8,13-14H2,1-4H3,(H2,26,27,28,29). The summed E-state index contributed by atoms with van der Waals surface area (Å²) in [5.74, 6) is 4.27. The maximum atomic E-state index is 6.14. The van der Waals surface area contributed by atoms with E-state index in [1.807, 2.05) is 24.3 Å². The van der Waals surface area contributed by atoms with E-state index in [0.717, 1.165) is 48.6 Å². The van der Waals surface area contributed by atoms with Crippen LogP contribution < -0.4 is 34.5 Å². The Bertz CT molecular complexity index is 1160. The summed E-state index contributed by atoms with van der Waals surface area (Å²) >= 11 is 0. The third kappa shape index (κ3) is 4.31. The van der Waals surface area contributed by atoms with Gasteiger partial charge in [-0.1, -0.05) is 0 Å². The van der Waals surface area contributed by atoms with Gasteiger partial charge in [0.1, 0.15) is 0 Å². The van der Waals surface area contributed by atoms with Gasteiger partial charge in [0, 0.05) is 26.2 Å². The molecule has 0 bridgehead atoms. The lowest BCUT2D eigenvalue weighted by atomic mass is 9.99. The molecule has 5 rings (SSSR count). The van der Waals surface area contributed by atoms with Gasteiger partial charge in [-0.3, -0.25) is 0 Å². The predicted octanol–water partition coefficient (Wildman–Crippen LogP) is 2.61. The number of rotatable bonds is 6. The third-order valence-corrected chi connectivity index (χ3v) is 6.63. The van der Waals surface area contributed by atoms with Crippen LogP contribution in [0.3, 0.4) is 0 Å². The van der Waals surface area contributed by atoms with Gasteiger partial charge in [0.05, 0.1) is 28.4 Å². The molecule has 0 unspecified atom stereocenters. The molecule has 2 aromatic carbocycles. The summed E-state index contributed by atoms with van der Waals surface area (Å²) in [5, 5.41) is 0. The van der Waals surface area contributed by atoms with Gasteiger partial charge in [-0.05, 0) is 59.4 Å². The lowest BCUT2D eigenvalue weighted by Crippen LogP contribution is -2.35. The maximum Gasteiger partial charge on any atom is 0.232 e. The van der Waals surface area contributed by atoms with E-state index >= 15 is 0 Å². The fourth-order valence-corrected chi connectivity index (χ4v) is 4.76. The molecule has 3 aromatic rings. The van der Waals surface area contributed by atoms with Crippen LogP contribution in [0.15, 0.2) is 24.3 Å². The quantitative estimate of drug-likeness (QED) is 0.568. The number of hydrogen-bond donors (Lipinski definition) is 1. The Hall–Kier alpha value is -3.95. The first-order valence-electron chi connectivity index (χ1n) is 11.5. The van der Waals surface area contributed by atoms with E-state index < -0.39 is 0 Å². The summed E-state index contributed by atoms with van der Waals surface area (Å²) in [7, 11) is 6.60. The van der Waals surface area contributed by atoms with Gasteiger partial charge in [-0.15, -0.1) is 0 Å². The first-order chi connectivity index (χ1) is 17.0. The van der Waals surface area contributed by atoms with E-state index in [4.69, 9.17) is 29.7 Å². The zero-order chi connectivity index (χ0) is 24.5. The van der Waals surface area contributed by atoms with Gasteiger partial charge < -0.3 is 34.5 Å². The van der Waals surface area contributed by atoms with Crippen molar-refractivity contribution in [1.29, 1.82) is 0 Å². The van der Waals surface area contributed by atoms with E-state index in [2.05, 4.69) is 19.8 Å². The van der Waals surface area contributed by atoms with Crippen LogP contribution in [0.2, 0.25) is 0 Å². The Labute approximate surface area is 204 Å². The minimum atomic E-state index is 0.209. The van der Waals surface area contributed by atoms with Gasteiger partial charge in [0.2, 0.25) is 17.8 Å². The van der Waals surface area contributed by atoms with E-state index in [1.54, 1.807) is 28.4 Å². The van der Waals surface area contributed by atoms with E-state index in [-0.39, 0.29) is 5.95 Å². The van der Waals surface area contributed by atoms with Crippen molar-refractivity contribution in [3.8, 4) is 23.0 Å². The highest BCUT2D eigenvalue weighted by molar-refractivity contribution is 5.54. The van der Waals surface area contributed by atoms with Crippen molar-refractivity contribution in [2.45, 2.75) is 25.9 Å². The molecule has 0 aliphatic carbocycles. The van der Waals surface area contributed by atoms with E-state index in [1.165, 1.54) is 11.1 Å². The molecule has 35 heavy (non-hydrogen) atoms. The smallest absolute Gasteiger partial charge is 0.232 e. The second-order valence-corrected chi connectivity index (χ2v) is 8.59. The predicted molar refractivity (Wildman–Crippen MR) is 133 cm³/mol. The van der Waals surface area contributed by atoms with Crippen molar-refractivity contribution in [2.24, 2.45) is 0 Å². The summed E-state index contributed by atoms with van der Waals surface area (Å²) in [5.41, 5.74) is 10.9. The number of hydrogen-bond acceptors (Lipinski definition) is 10. The van der Waals surface area contributed by atoms with Gasteiger partial charge in [0.25, 0.3) is 0 Å². The number of nitrogen functional groups attached to an aromatic ring is 1. The lowest BCUT2D eigenvalue weighted by Gasteiger charge is -2.32. The fraction of sp³-hybridized carbons (Fsp3) is 0.400. The van der Waals surface area contributed by atoms with Gasteiger partial charge in [-0.2, -0.15) is 15.0 Å². The van der Waals surface area contributed by atoms with Crippen molar-refractivity contribution in [2.75, 3.05) is 57.1 Å². The Morgan fingerprint density at radius 3 is 1.34 bits per heavy atom. The van der Waals surface area contributed by atoms with Crippen LogP contribution in [-0.2, 0) is 25.9 Å². The summed E-state index contributed by atoms with van der Waals surface area (Å²) in [6.45, 7) is 2.84. The van der Waals surface area contributed by atoms with Crippen molar-refractivity contribution in [1.82, 2.24) is 15.0 Å². The van der Waals surface area contributed by atoms with Crippen LogP contribution in [0.1, 0.15) is 22.3 Å². The van der Waals surface area contributed by atoms with Crippen molar-refractivity contribution in [3.05, 3.63) is 46.5 Å². The molecule has 0 amide bonds. The molecule has 0 spiro atoms. The number of ether oxygens (including phenoxy) is 4. The number of benzene rings is 2. The van der Waals surface area contributed by atoms with Gasteiger partial charge in [-0.25, -0.2) is 0 Å². The second-order valence-electron chi connectivity index (χ2n) is 8.59. The number of methoxy groups -OCH3 is 4. The molecule has 1 aromatic heterocycles. The van der Waals surface area contributed by atoms with Crippen LogP contribution in [0.5, 0.6) is 23.0 Å². The summed E-state index contributed by atoms with van der Waals surface area (Å²) < 4.78 is 21.9. The fourth-order valence-electron chi connectivity index (χ4n) is 4.76. The lowest BCUT2D eigenvalue weighted by molar-refractivity contribution is 0.353. The van der Waals surface area contributed by atoms with Crippen LogP contribution in [0.25, 0.3) is 0 Å². The molecule has 2 N–H and O–H groups in total. The van der Waals surface area contributed by atoms with Gasteiger partial charge >= 0.3 is 0 Å². The molecule has 10 nitrogen and oxygen atoms in total. The molecule has 2 aliphatic heterocycles. The molecule has 2 aliphatic rings. The zero-order valence-electron chi connectivity index (χ0n) is 20.5. The second kappa shape index (κ2) is 9.36. The Morgan fingerprint density at radius 1 is 0.600 bits per heavy atom.